The van der Waals surface area contributed by atoms with E-state index in [1.54, 1.807) is 0 Å². The molecule has 3 aromatic rings. The molecule has 0 aliphatic carbocycles. The third-order valence-corrected chi connectivity index (χ3v) is 3.55. The van der Waals surface area contributed by atoms with Crippen molar-refractivity contribution in [3.63, 3.8) is 0 Å². The fourth-order valence-electron chi connectivity index (χ4n) is 2.41. The van der Waals surface area contributed by atoms with Crippen LogP contribution in [0.4, 0.5) is 0 Å². The summed E-state index contributed by atoms with van der Waals surface area (Å²) in [6.07, 6.45) is 1.46. The second-order valence-electron chi connectivity index (χ2n) is 5.30. The molecule has 21 heavy (non-hydrogen) atoms. The zero-order chi connectivity index (χ0) is 14.7. The van der Waals surface area contributed by atoms with Gasteiger partial charge in [-0.2, -0.15) is 0 Å². The Morgan fingerprint density at radius 3 is 2.62 bits per heavy atom. The Bertz CT molecular complexity index is 715. The number of hydrogen-bond acceptors (Lipinski definition) is 2. The largest absolute Gasteiger partial charge is 0.491 e. The van der Waals surface area contributed by atoms with Gasteiger partial charge in [0.05, 0.1) is 6.54 Å². The van der Waals surface area contributed by atoms with E-state index in [2.05, 4.69) is 22.8 Å². The van der Waals surface area contributed by atoms with E-state index in [1.165, 1.54) is 10.9 Å². The van der Waals surface area contributed by atoms with Gasteiger partial charge in [0.1, 0.15) is 18.5 Å². The van der Waals surface area contributed by atoms with Crippen LogP contribution in [0.15, 0.2) is 60.8 Å². The lowest BCUT2D eigenvalue weighted by Crippen LogP contribution is -2.23. The second kappa shape index (κ2) is 6.02. The molecule has 1 atom stereocenters. The van der Waals surface area contributed by atoms with Gasteiger partial charge in [-0.3, -0.25) is 0 Å². The van der Waals surface area contributed by atoms with Crippen molar-refractivity contribution in [2.45, 2.75) is 19.6 Å². The molecule has 0 aliphatic heterocycles. The lowest BCUT2D eigenvalue weighted by Gasteiger charge is -2.14. The second-order valence-corrected chi connectivity index (χ2v) is 5.30. The fraction of sp³-hybridized carbons (Fsp3) is 0.222. The first-order chi connectivity index (χ1) is 10.2. The molecule has 0 amide bonds. The molecule has 0 fully saturated rings. The van der Waals surface area contributed by atoms with E-state index in [9.17, 15) is 5.11 Å². The maximum Gasteiger partial charge on any atom is 0.119 e. The highest BCUT2D eigenvalue weighted by atomic mass is 16.5. The molecule has 0 spiro atoms. The summed E-state index contributed by atoms with van der Waals surface area (Å²) in [4.78, 5) is 0. The summed E-state index contributed by atoms with van der Waals surface area (Å²) in [5.41, 5.74) is 2.33. The molecule has 108 valence electrons. The lowest BCUT2D eigenvalue weighted by atomic mass is 10.2. The van der Waals surface area contributed by atoms with Gasteiger partial charge >= 0.3 is 0 Å². The highest BCUT2D eigenvalue weighted by molar-refractivity contribution is 5.79. The third kappa shape index (κ3) is 3.26. The van der Waals surface area contributed by atoms with Gasteiger partial charge in [0.2, 0.25) is 0 Å². The van der Waals surface area contributed by atoms with Crippen LogP contribution in [-0.2, 0) is 6.54 Å². The molecule has 1 unspecified atom stereocenters. The highest BCUT2D eigenvalue weighted by Crippen LogP contribution is 2.16. The maximum atomic E-state index is 10.2. The first-order valence-electron chi connectivity index (χ1n) is 7.14. The third-order valence-electron chi connectivity index (χ3n) is 3.55. The van der Waals surface area contributed by atoms with E-state index in [0.29, 0.717) is 6.54 Å². The van der Waals surface area contributed by atoms with Crippen molar-refractivity contribution in [2.75, 3.05) is 6.61 Å². The number of benzene rings is 2. The van der Waals surface area contributed by atoms with E-state index in [4.69, 9.17) is 4.74 Å². The summed E-state index contributed by atoms with van der Waals surface area (Å²) < 4.78 is 7.67. The van der Waals surface area contributed by atoms with E-state index in [-0.39, 0.29) is 6.61 Å². The summed E-state index contributed by atoms with van der Waals surface area (Å²) in [6.45, 7) is 2.85. The molecule has 1 aromatic heterocycles. The topological polar surface area (TPSA) is 34.4 Å². The summed E-state index contributed by atoms with van der Waals surface area (Å²) in [5.74, 6) is 0.789. The van der Waals surface area contributed by atoms with Crippen molar-refractivity contribution < 1.29 is 9.84 Å². The molecule has 2 aromatic carbocycles. The number of aromatic nitrogens is 1. The molecule has 1 heterocycles. The molecule has 0 radical (unpaired) electrons. The van der Waals surface area contributed by atoms with Crippen molar-refractivity contribution in [1.82, 2.24) is 4.57 Å². The van der Waals surface area contributed by atoms with Crippen molar-refractivity contribution in [3.05, 3.63) is 66.4 Å². The van der Waals surface area contributed by atoms with Crippen molar-refractivity contribution in [3.8, 4) is 5.75 Å². The Morgan fingerprint density at radius 2 is 1.81 bits per heavy atom. The molecule has 3 rings (SSSR count). The predicted molar refractivity (Wildman–Crippen MR) is 84.6 cm³/mol. The average Bonchev–Trinajstić information content (AvgIpc) is 2.90. The average molecular weight is 281 g/mol. The summed E-state index contributed by atoms with van der Waals surface area (Å²) in [6, 6.07) is 18.1. The molecule has 0 bridgehead atoms. The number of aliphatic hydroxyl groups excluding tert-OH is 1. The minimum absolute atomic E-state index is 0.287. The smallest absolute Gasteiger partial charge is 0.119 e. The van der Waals surface area contributed by atoms with Crippen LogP contribution in [0.25, 0.3) is 10.9 Å². The lowest BCUT2D eigenvalue weighted by molar-refractivity contribution is 0.0935. The molecule has 0 saturated heterocycles. The van der Waals surface area contributed by atoms with Gasteiger partial charge in [-0.05, 0) is 36.6 Å². The normalized spacial score (nSPS) is 12.5. The first-order valence-corrected chi connectivity index (χ1v) is 7.14. The quantitative estimate of drug-likeness (QED) is 0.778. The number of fused-ring (bicyclic) bond motifs is 1. The van der Waals surface area contributed by atoms with Crippen LogP contribution in [0.5, 0.6) is 5.75 Å². The van der Waals surface area contributed by atoms with Crippen LogP contribution in [0, 0.1) is 6.92 Å². The number of aryl methyl sites for hydroxylation is 1. The zero-order valence-corrected chi connectivity index (χ0v) is 12.1. The molecule has 1 N–H and O–H groups in total. The standard InChI is InChI=1S/C18H19NO2/c1-14-6-8-17(9-7-14)21-13-16(20)12-19-11-10-15-4-2-3-5-18(15)19/h2-11,16,20H,12-13H2,1H3. The first kappa shape index (κ1) is 13.7. The van der Waals surface area contributed by atoms with Gasteiger partial charge in [0.15, 0.2) is 0 Å². The number of nitrogens with zero attached hydrogens (tertiary/aromatic N) is 1. The van der Waals surface area contributed by atoms with Crippen LogP contribution >= 0.6 is 0 Å². The number of aliphatic hydroxyl groups is 1. The van der Waals surface area contributed by atoms with E-state index >= 15 is 0 Å². The molecule has 0 aliphatic rings. The molecular formula is C18H19NO2. The van der Waals surface area contributed by atoms with Gasteiger partial charge in [-0.1, -0.05) is 35.9 Å². The van der Waals surface area contributed by atoms with Crippen LogP contribution in [-0.4, -0.2) is 22.4 Å². The van der Waals surface area contributed by atoms with Crippen molar-refractivity contribution >= 4 is 10.9 Å². The Morgan fingerprint density at radius 1 is 1.05 bits per heavy atom. The number of para-hydroxylation sites is 1. The van der Waals surface area contributed by atoms with Gasteiger partial charge in [0.25, 0.3) is 0 Å². The van der Waals surface area contributed by atoms with E-state index in [1.807, 2.05) is 49.5 Å². The van der Waals surface area contributed by atoms with E-state index in [0.717, 1.165) is 11.3 Å². The Hall–Kier alpha value is -2.26. The van der Waals surface area contributed by atoms with Crippen molar-refractivity contribution in [1.29, 1.82) is 0 Å². The summed E-state index contributed by atoms with van der Waals surface area (Å²) in [5, 5.41) is 11.3. The number of ether oxygens (including phenoxy) is 1. The van der Waals surface area contributed by atoms with Gasteiger partial charge in [-0.25, -0.2) is 0 Å². The van der Waals surface area contributed by atoms with Crippen LogP contribution < -0.4 is 4.74 Å². The highest BCUT2D eigenvalue weighted by Gasteiger charge is 2.08. The van der Waals surface area contributed by atoms with Gasteiger partial charge in [0, 0.05) is 11.7 Å². The van der Waals surface area contributed by atoms with Crippen LogP contribution in [0.3, 0.4) is 0 Å². The van der Waals surface area contributed by atoms with Crippen LogP contribution in [0.1, 0.15) is 5.56 Å². The maximum absolute atomic E-state index is 10.2. The fourth-order valence-corrected chi connectivity index (χ4v) is 2.41. The number of rotatable bonds is 5. The van der Waals surface area contributed by atoms with Gasteiger partial charge in [-0.15, -0.1) is 0 Å². The van der Waals surface area contributed by atoms with Crippen molar-refractivity contribution in [2.24, 2.45) is 0 Å². The SMILES string of the molecule is Cc1ccc(OCC(O)Cn2ccc3ccccc32)cc1. The van der Waals surface area contributed by atoms with E-state index < -0.39 is 6.10 Å². The molecule has 3 heteroatoms. The Balaban J connectivity index is 1.61. The Labute approximate surface area is 124 Å². The Kier molecular flexibility index (Phi) is 3.93. The summed E-state index contributed by atoms with van der Waals surface area (Å²) >= 11 is 0. The van der Waals surface area contributed by atoms with Gasteiger partial charge < -0.3 is 14.4 Å². The van der Waals surface area contributed by atoms with Crippen LogP contribution in [0.2, 0.25) is 0 Å². The molecule has 3 nitrogen and oxygen atoms in total. The molecular weight excluding hydrogens is 262 g/mol. The summed E-state index contributed by atoms with van der Waals surface area (Å²) in [7, 11) is 0. The molecule has 0 saturated carbocycles. The zero-order valence-electron chi connectivity index (χ0n) is 12.1. The minimum atomic E-state index is -0.540. The minimum Gasteiger partial charge on any atom is -0.491 e. The predicted octanol–water partition coefficient (Wildman–Crippen LogP) is 3.39. The number of hydrogen-bond donors (Lipinski definition) is 1. The monoisotopic (exact) mass is 281 g/mol.